The Bertz CT molecular complexity index is 198. The van der Waals surface area contributed by atoms with Crippen LogP contribution < -0.4 is 5.32 Å². The molecule has 116 valence electrons. The van der Waals surface area contributed by atoms with Crippen molar-refractivity contribution >= 4 is 0 Å². The third-order valence-corrected chi connectivity index (χ3v) is 3.15. The molecule has 0 aliphatic rings. The number of methoxy groups -OCH3 is 1. The SMILES string of the molecule is COCC(NCC(O)COCCCC(C)C)C(C)C. The zero-order valence-electron chi connectivity index (χ0n) is 13.3. The third kappa shape index (κ3) is 11.4. The molecule has 0 amide bonds. The fourth-order valence-electron chi connectivity index (χ4n) is 1.83. The average molecular weight is 275 g/mol. The largest absolute Gasteiger partial charge is 0.389 e. The van der Waals surface area contributed by atoms with E-state index in [1.54, 1.807) is 7.11 Å². The van der Waals surface area contributed by atoms with Crippen LogP contribution in [0.4, 0.5) is 0 Å². The summed E-state index contributed by atoms with van der Waals surface area (Å²) in [5.41, 5.74) is 0. The van der Waals surface area contributed by atoms with E-state index in [4.69, 9.17) is 9.47 Å². The van der Waals surface area contributed by atoms with E-state index in [-0.39, 0.29) is 6.04 Å². The highest BCUT2D eigenvalue weighted by Crippen LogP contribution is 2.04. The number of ether oxygens (including phenoxy) is 2. The van der Waals surface area contributed by atoms with Gasteiger partial charge in [-0.15, -0.1) is 0 Å². The van der Waals surface area contributed by atoms with E-state index < -0.39 is 6.10 Å². The number of nitrogens with one attached hydrogen (secondary N) is 1. The van der Waals surface area contributed by atoms with Crippen molar-refractivity contribution in [1.29, 1.82) is 0 Å². The van der Waals surface area contributed by atoms with Crippen LogP contribution >= 0.6 is 0 Å². The molecular formula is C15H33NO3. The number of hydrogen-bond donors (Lipinski definition) is 2. The van der Waals surface area contributed by atoms with Gasteiger partial charge in [-0.25, -0.2) is 0 Å². The molecule has 19 heavy (non-hydrogen) atoms. The van der Waals surface area contributed by atoms with E-state index in [1.807, 2.05) is 0 Å². The van der Waals surface area contributed by atoms with Crippen LogP contribution in [0.5, 0.6) is 0 Å². The second kappa shape index (κ2) is 11.6. The molecule has 4 heteroatoms. The Morgan fingerprint density at radius 1 is 1.11 bits per heavy atom. The highest BCUT2D eigenvalue weighted by atomic mass is 16.5. The summed E-state index contributed by atoms with van der Waals surface area (Å²) in [5.74, 6) is 1.20. The van der Waals surface area contributed by atoms with Crippen molar-refractivity contribution in [3.05, 3.63) is 0 Å². The van der Waals surface area contributed by atoms with Gasteiger partial charge in [0.25, 0.3) is 0 Å². The monoisotopic (exact) mass is 275 g/mol. The van der Waals surface area contributed by atoms with Crippen molar-refractivity contribution in [3.63, 3.8) is 0 Å². The van der Waals surface area contributed by atoms with Crippen LogP contribution in [0.25, 0.3) is 0 Å². The maximum absolute atomic E-state index is 9.83. The Morgan fingerprint density at radius 3 is 2.32 bits per heavy atom. The first-order valence-electron chi connectivity index (χ1n) is 7.45. The van der Waals surface area contributed by atoms with E-state index in [1.165, 1.54) is 6.42 Å². The summed E-state index contributed by atoms with van der Waals surface area (Å²) in [7, 11) is 1.70. The molecule has 0 aliphatic heterocycles. The minimum atomic E-state index is -0.447. The fraction of sp³-hybridized carbons (Fsp3) is 1.00. The van der Waals surface area contributed by atoms with Gasteiger partial charge in [-0.05, 0) is 24.7 Å². The lowest BCUT2D eigenvalue weighted by Gasteiger charge is -2.23. The zero-order chi connectivity index (χ0) is 14.7. The number of aliphatic hydroxyl groups is 1. The van der Waals surface area contributed by atoms with Gasteiger partial charge in [0.15, 0.2) is 0 Å². The number of aliphatic hydroxyl groups excluding tert-OH is 1. The van der Waals surface area contributed by atoms with Crippen LogP contribution in [0.3, 0.4) is 0 Å². The van der Waals surface area contributed by atoms with Crippen LogP contribution in [0.1, 0.15) is 40.5 Å². The molecule has 0 aromatic heterocycles. The van der Waals surface area contributed by atoms with Gasteiger partial charge in [0.1, 0.15) is 0 Å². The molecule has 0 saturated heterocycles. The molecule has 0 aromatic rings. The summed E-state index contributed by atoms with van der Waals surface area (Å²) in [6.45, 7) is 11.1. The molecule has 0 bridgehead atoms. The van der Waals surface area contributed by atoms with Crippen LogP contribution in [0, 0.1) is 11.8 Å². The number of rotatable bonds is 12. The van der Waals surface area contributed by atoms with Gasteiger partial charge >= 0.3 is 0 Å². The van der Waals surface area contributed by atoms with E-state index in [9.17, 15) is 5.11 Å². The lowest BCUT2D eigenvalue weighted by Crippen LogP contribution is -2.42. The summed E-state index contributed by atoms with van der Waals surface area (Å²) in [6, 6.07) is 0.278. The van der Waals surface area contributed by atoms with Gasteiger partial charge in [0.05, 0.1) is 19.3 Å². The smallest absolute Gasteiger partial charge is 0.0897 e. The Morgan fingerprint density at radius 2 is 1.79 bits per heavy atom. The fourth-order valence-corrected chi connectivity index (χ4v) is 1.83. The van der Waals surface area contributed by atoms with Gasteiger partial charge in [0, 0.05) is 26.3 Å². The summed E-state index contributed by atoms with van der Waals surface area (Å²) in [4.78, 5) is 0. The zero-order valence-corrected chi connectivity index (χ0v) is 13.3. The molecule has 0 fully saturated rings. The summed E-state index contributed by atoms with van der Waals surface area (Å²) < 4.78 is 10.6. The van der Waals surface area contributed by atoms with Gasteiger partial charge in [0.2, 0.25) is 0 Å². The summed E-state index contributed by atoms with van der Waals surface area (Å²) >= 11 is 0. The van der Waals surface area contributed by atoms with E-state index in [0.717, 1.165) is 18.9 Å². The van der Waals surface area contributed by atoms with Crippen LogP contribution in [-0.2, 0) is 9.47 Å². The normalized spacial score (nSPS) is 15.2. The molecule has 0 radical (unpaired) electrons. The molecular weight excluding hydrogens is 242 g/mol. The van der Waals surface area contributed by atoms with E-state index >= 15 is 0 Å². The quantitative estimate of drug-likeness (QED) is 0.535. The predicted molar refractivity (Wildman–Crippen MR) is 79.4 cm³/mol. The van der Waals surface area contributed by atoms with Crippen molar-refractivity contribution in [2.24, 2.45) is 11.8 Å². The first kappa shape index (κ1) is 18.8. The Kier molecular flexibility index (Phi) is 11.6. The van der Waals surface area contributed by atoms with Gasteiger partial charge in [-0.2, -0.15) is 0 Å². The van der Waals surface area contributed by atoms with Gasteiger partial charge in [-0.3, -0.25) is 0 Å². The molecule has 2 N–H and O–H groups in total. The van der Waals surface area contributed by atoms with Crippen LogP contribution in [0.2, 0.25) is 0 Å². The predicted octanol–water partition coefficient (Wildman–Crippen LogP) is 2.06. The molecule has 2 atom stereocenters. The minimum absolute atomic E-state index is 0.278. The van der Waals surface area contributed by atoms with Crippen molar-refractivity contribution in [2.75, 3.05) is 33.5 Å². The topological polar surface area (TPSA) is 50.7 Å². The second-order valence-corrected chi connectivity index (χ2v) is 5.98. The highest BCUT2D eigenvalue weighted by Gasteiger charge is 2.14. The Hall–Kier alpha value is -0.160. The molecule has 0 heterocycles. The standard InChI is InChI=1S/C15H33NO3/c1-12(2)7-6-8-19-10-14(17)9-16-15(11-18-5)13(3)4/h12-17H,6-11H2,1-5H3. The molecule has 4 nitrogen and oxygen atoms in total. The van der Waals surface area contributed by atoms with Crippen molar-refractivity contribution in [1.82, 2.24) is 5.32 Å². The van der Waals surface area contributed by atoms with Gasteiger partial charge in [-0.1, -0.05) is 27.7 Å². The Balaban J connectivity index is 3.59. The maximum atomic E-state index is 9.83. The first-order chi connectivity index (χ1) is 8.97. The molecule has 0 saturated carbocycles. The highest BCUT2D eigenvalue weighted by molar-refractivity contribution is 4.72. The van der Waals surface area contributed by atoms with Crippen molar-refractivity contribution in [3.8, 4) is 0 Å². The first-order valence-corrected chi connectivity index (χ1v) is 7.45. The lowest BCUT2D eigenvalue weighted by atomic mass is 10.1. The van der Waals surface area contributed by atoms with E-state index in [0.29, 0.717) is 25.7 Å². The van der Waals surface area contributed by atoms with E-state index in [2.05, 4.69) is 33.0 Å². The third-order valence-electron chi connectivity index (χ3n) is 3.15. The van der Waals surface area contributed by atoms with Crippen LogP contribution in [0.15, 0.2) is 0 Å². The van der Waals surface area contributed by atoms with Gasteiger partial charge < -0.3 is 19.9 Å². The minimum Gasteiger partial charge on any atom is -0.389 e. The molecule has 0 spiro atoms. The maximum Gasteiger partial charge on any atom is 0.0897 e. The second-order valence-electron chi connectivity index (χ2n) is 5.98. The molecule has 0 rings (SSSR count). The van der Waals surface area contributed by atoms with Crippen molar-refractivity contribution < 1.29 is 14.6 Å². The Labute approximate surface area is 118 Å². The van der Waals surface area contributed by atoms with Crippen LogP contribution in [-0.4, -0.2) is 50.7 Å². The molecule has 2 unspecified atom stereocenters. The lowest BCUT2D eigenvalue weighted by molar-refractivity contribution is 0.0302. The summed E-state index contributed by atoms with van der Waals surface area (Å²) in [5, 5.41) is 13.2. The molecule has 0 aliphatic carbocycles. The molecule has 0 aromatic carbocycles. The average Bonchev–Trinajstić information content (AvgIpc) is 2.33. The number of hydrogen-bond acceptors (Lipinski definition) is 4. The summed E-state index contributed by atoms with van der Waals surface area (Å²) in [6.07, 6.45) is 1.80. The van der Waals surface area contributed by atoms with Crippen molar-refractivity contribution in [2.45, 2.75) is 52.7 Å².